The second-order valence-electron chi connectivity index (χ2n) is 6.06. The van der Waals surface area contributed by atoms with Gasteiger partial charge in [0.05, 0.1) is 28.9 Å². The smallest absolute Gasteiger partial charge is 0.439 e. The number of amides is 1. The molecule has 0 aliphatic heterocycles. The molecule has 3 rings (SSSR count). The molecule has 2 aromatic carbocycles. The van der Waals surface area contributed by atoms with E-state index in [1.54, 1.807) is 16.8 Å². The molecular weight excluding hydrogens is 413 g/mol. The Morgan fingerprint density at radius 1 is 1.14 bits per heavy atom. The number of ether oxygens (including phenoxy) is 2. The Kier molecular flexibility index (Phi) is 7.27. The van der Waals surface area contributed by atoms with E-state index in [0.717, 1.165) is 18.5 Å². The summed E-state index contributed by atoms with van der Waals surface area (Å²) in [6.07, 6.45) is 2.53. The fourth-order valence-electron chi connectivity index (χ4n) is 2.43. The van der Waals surface area contributed by atoms with Gasteiger partial charge in [0, 0.05) is 11.1 Å². The van der Waals surface area contributed by atoms with Crippen molar-refractivity contribution in [1.29, 1.82) is 0 Å². The van der Waals surface area contributed by atoms with Gasteiger partial charge in [-0.25, -0.2) is 9.48 Å². The molecule has 6 nitrogen and oxygen atoms in total. The number of carbonyl (C=O) groups excluding carboxylic acids is 1. The molecule has 29 heavy (non-hydrogen) atoms. The van der Waals surface area contributed by atoms with Crippen molar-refractivity contribution in [2.45, 2.75) is 19.8 Å². The van der Waals surface area contributed by atoms with E-state index in [1.165, 1.54) is 18.3 Å². The van der Waals surface area contributed by atoms with Crippen molar-refractivity contribution in [2.75, 3.05) is 6.61 Å². The van der Waals surface area contributed by atoms with Crippen LogP contribution in [0.5, 0.6) is 11.6 Å². The molecule has 1 aromatic heterocycles. The highest BCUT2D eigenvalue weighted by atomic mass is 35.5. The van der Waals surface area contributed by atoms with Crippen molar-refractivity contribution in [3.8, 4) is 17.3 Å². The van der Waals surface area contributed by atoms with Crippen LogP contribution in [0.1, 0.15) is 19.8 Å². The zero-order valence-corrected chi connectivity index (χ0v) is 17.2. The Balaban J connectivity index is 1.88. The highest BCUT2D eigenvalue weighted by molar-refractivity contribution is 6.35. The van der Waals surface area contributed by atoms with Crippen LogP contribution in [0, 0.1) is 0 Å². The molecule has 8 heteroatoms. The van der Waals surface area contributed by atoms with Gasteiger partial charge in [0.15, 0.2) is 5.75 Å². The molecule has 0 saturated heterocycles. The molecule has 0 unspecified atom stereocenters. The summed E-state index contributed by atoms with van der Waals surface area (Å²) in [5.74, 6) is 0.649. The molecule has 0 aliphatic rings. The molecule has 3 aromatic rings. The number of benzene rings is 2. The number of para-hydroxylation sites is 1. The Bertz CT molecular complexity index is 1050. The van der Waals surface area contributed by atoms with Crippen LogP contribution < -0.4 is 14.8 Å². The normalized spacial score (nSPS) is 11.3. The summed E-state index contributed by atoms with van der Waals surface area (Å²) in [6, 6.07) is 15.8. The van der Waals surface area contributed by atoms with Gasteiger partial charge >= 0.3 is 6.09 Å². The molecule has 0 bridgehead atoms. The lowest BCUT2D eigenvalue weighted by Gasteiger charge is -2.13. The van der Waals surface area contributed by atoms with Gasteiger partial charge in [0.25, 0.3) is 0 Å². The molecule has 1 heterocycles. The van der Waals surface area contributed by atoms with Gasteiger partial charge in [-0.15, -0.1) is 0 Å². The Labute approximate surface area is 178 Å². The average Bonchev–Trinajstić information content (AvgIpc) is 2.71. The highest BCUT2D eigenvalue weighted by Gasteiger charge is 2.09. The van der Waals surface area contributed by atoms with Crippen LogP contribution in [0.2, 0.25) is 10.0 Å². The van der Waals surface area contributed by atoms with Crippen molar-refractivity contribution < 1.29 is 14.3 Å². The highest BCUT2D eigenvalue weighted by Crippen LogP contribution is 2.27. The number of unbranched alkanes of at least 4 members (excludes halogenated alkanes) is 1. The quantitative estimate of drug-likeness (QED) is 0.486. The predicted molar refractivity (Wildman–Crippen MR) is 112 cm³/mol. The molecule has 0 atom stereocenters. The summed E-state index contributed by atoms with van der Waals surface area (Å²) in [6.45, 7) is 2.61. The minimum absolute atomic E-state index is 0.174. The lowest BCUT2D eigenvalue weighted by atomic mass is 10.3. The maximum atomic E-state index is 12.2. The summed E-state index contributed by atoms with van der Waals surface area (Å²) in [5.41, 5.74) is 0.834. The van der Waals surface area contributed by atoms with Crippen LogP contribution >= 0.6 is 23.2 Å². The fraction of sp³-hybridized carbons (Fsp3) is 0.190. The van der Waals surface area contributed by atoms with Gasteiger partial charge < -0.3 is 9.47 Å². The number of rotatable bonds is 6. The summed E-state index contributed by atoms with van der Waals surface area (Å²) in [5, 5.41) is 5.33. The molecule has 0 N–H and O–H groups in total. The van der Waals surface area contributed by atoms with Crippen LogP contribution in [0.15, 0.2) is 65.8 Å². The first-order chi connectivity index (χ1) is 14.1. The SMILES string of the molecule is CCCCOc1c/c(=N\C(=O)Oc2ccc(Cl)cc2Cl)cnn1-c1ccccc1. The summed E-state index contributed by atoms with van der Waals surface area (Å²) in [4.78, 5) is 16.1. The van der Waals surface area contributed by atoms with Crippen molar-refractivity contribution in [1.82, 2.24) is 9.78 Å². The Morgan fingerprint density at radius 2 is 1.93 bits per heavy atom. The largest absolute Gasteiger partial charge is 0.478 e. The van der Waals surface area contributed by atoms with Gasteiger partial charge in [-0.1, -0.05) is 54.7 Å². The first-order valence-electron chi connectivity index (χ1n) is 9.06. The molecule has 0 saturated carbocycles. The van der Waals surface area contributed by atoms with Crippen LogP contribution in [0.4, 0.5) is 4.79 Å². The fourth-order valence-corrected chi connectivity index (χ4v) is 2.87. The number of nitrogens with zero attached hydrogens (tertiary/aromatic N) is 3. The second-order valence-corrected chi connectivity index (χ2v) is 6.90. The third kappa shape index (κ3) is 5.82. The zero-order valence-electron chi connectivity index (χ0n) is 15.7. The molecule has 150 valence electrons. The van der Waals surface area contributed by atoms with Gasteiger partial charge in [-0.05, 0) is 36.8 Å². The zero-order chi connectivity index (χ0) is 20.6. The maximum absolute atomic E-state index is 12.2. The second kappa shape index (κ2) is 10.1. The van der Waals surface area contributed by atoms with E-state index in [9.17, 15) is 4.79 Å². The first-order valence-corrected chi connectivity index (χ1v) is 9.81. The molecule has 0 aliphatic carbocycles. The summed E-state index contributed by atoms with van der Waals surface area (Å²) >= 11 is 11.9. The van der Waals surface area contributed by atoms with Crippen molar-refractivity contribution >= 4 is 29.3 Å². The number of carbonyl (C=O) groups is 1. The summed E-state index contributed by atoms with van der Waals surface area (Å²) < 4.78 is 12.7. The van der Waals surface area contributed by atoms with Crippen LogP contribution in [-0.2, 0) is 0 Å². The third-order valence-electron chi connectivity index (χ3n) is 3.85. The lowest BCUT2D eigenvalue weighted by molar-refractivity contribution is 0.210. The first kappa shape index (κ1) is 20.9. The van der Waals surface area contributed by atoms with Crippen LogP contribution in [-0.4, -0.2) is 22.5 Å². The van der Waals surface area contributed by atoms with E-state index in [1.807, 2.05) is 30.3 Å². The minimum atomic E-state index is -0.826. The number of hydrogen-bond donors (Lipinski definition) is 0. The monoisotopic (exact) mass is 431 g/mol. The summed E-state index contributed by atoms with van der Waals surface area (Å²) in [7, 11) is 0. The molecule has 0 fully saturated rings. The lowest BCUT2D eigenvalue weighted by Crippen LogP contribution is -2.16. The number of hydrogen-bond acceptors (Lipinski definition) is 4. The molecule has 0 radical (unpaired) electrons. The van der Waals surface area contributed by atoms with E-state index in [4.69, 9.17) is 32.7 Å². The topological polar surface area (TPSA) is 65.7 Å². The van der Waals surface area contributed by atoms with Crippen molar-refractivity contribution in [3.05, 3.63) is 76.2 Å². The maximum Gasteiger partial charge on any atom is 0.439 e. The number of aromatic nitrogens is 2. The Hall–Kier alpha value is -2.83. The van der Waals surface area contributed by atoms with Crippen LogP contribution in [0.25, 0.3) is 5.69 Å². The third-order valence-corrected chi connectivity index (χ3v) is 4.38. The van der Waals surface area contributed by atoms with E-state index >= 15 is 0 Å². The molecule has 0 spiro atoms. The average molecular weight is 432 g/mol. The van der Waals surface area contributed by atoms with E-state index < -0.39 is 6.09 Å². The Morgan fingerprint density at radius 3 is 2.66 bits per heavy atom. The van der Waals surface area contributed by atoms with Gasteiger partial charge in [-0.3, -0.25) is 0 Å². The van der Waals surface area contributed by atoms with Crippen LogP contribution in [0.3, 0.4) is 0 Å². The van der Waals surface area contributed by atoms with Crippen molar-refractivity contribution in [2.24, 2.45) is 4.99 Å². The van der Waals surface area contributed by atoms with Crippen molar-refractivity contribution in [3.63, 3.8) is 0 Å². The van der Waals surface area contributed by atoms with E-state index in [-0.39, 0.29) is 10.8 Å². The van der Waals surface area contributed by atoms with Gasteiger partial charge in [0.1, 0.15) is 0 Å². The standard InChI is InChI=1S/C21H19Cl2N3O3/c1-2-3-11-28-20-13-16(14-24-26(20)17-7-5-4-6-8-17)25-21(27)29-19-10-9-15(22)12-18(19)23/h4-10,12-14H,2-3,11H2,1H3/b25-16+. The molecule has 1 amide bonds. The van der Waals surface area contributed by atoms with E-state index in [0.29, 0.717) is 22.9 Å². The predicted octanol–water partition coefficient (Wildman–Crippen LogP) is 5.46. The van der Waals surface area contributed by atoms with Gasteiger partial charge in [-0.2, -0.15) is 10.1 Å². The molecular formula is C21H19Cl2N3O3. The number of halogens is 2. The minimum Gasteiger partial charge on any atom is -0.478 e. The van der Waals surface area contributed by atoms with E-state index in [2.05, 4.69) is 17.0 Å². The van der Waals surface area contributed by atoms with Gasteiger partial charge in [0.2, 0.25) is 5.88 Å².